The van der Waals surface area contributed by atoms with Gasteiger partial charge in [0.25, 0.3) is 0 Å². The standard InChI is InChI=1S/C16H21Cl2NO4/c1-16(2,3)23-7-6-13(15(21)22)19-14(20)9-10-4-5-11(17)12(18)8-10/h4-5,8,13H,6-7,9H2,1-3H3,(H,19,20)(H,21,22). The molecule has 1 rings (SSSR count). The minimum Gasteiger partial charge on any atom is -0.480 e. The van der Waals surface area contributed by atoms with Gasteiger partial charge in [-0.2, -0.15) is 0 Å². The largest absolute Gasteiger partial charge is 0.480 e. The number of benzene rings is 1. The SMILES string of the molecule is CC(C)(C)OCCC(NC(=O)Cc1ccc(Cl)c(Cl)c1)C(=O)O. The van der Waals surface area contributed by atoms with E-state index in [1.54, 1.807) is 18.2 Å². The number of hydrogen-bond donors (Lipinski definition) is 2. The molecule has 1 amide bonds. The van der Waals surface area contributed by atoms with Crippen molar-refractivity contribution in [1.82, 2.24) is 5.32 Å². The van der Waals surface area contributed by atoms with E-state index >= 15 is 0 Å². The lowest BCUT2D eigenvalue weighted by Crippen LogP contribution is -2.42. The van der Waals surface area contributed by atoms with Gasteiger partial charge in [-0.3, -0.25) is 4.79 Å². The van der Waals surface area contributed by atoms with Crippen molar-refractivity contribution in [1.29, 1.82) is 0 Å². The molecule has 0 fully saturated rings. The Morgan fingerprint density at radius 1 is 1.26 bits per heavy atom. The number of aliphatic carboxylic acids is 1. The lowest BCUT2D eigenvalue weighted by Gasteiger charge is -2.21. The van der Waals surface area contributed by atoms with Crippen LogP contribution in [0, 0.1) is 0 Å². The molecule has 7 heteroatoms. The summed E-state index contributed by atoms with van der Waals surface area (Å²) < 4.78 is 5.49. The van der Waals surface area contributed by atoms with Crippen molar-refractivity contribution < 1.29 is 19.4 Å². The number of carbonyl (C=O) groups excluding carboxylic acids is 1. The second kappa shape index (κ2) is 8.52. The lowest BCUT2D eigenvalue weighted by molar-refractivity contribution is -0.142. The van der Waals surface area contributed by atoms with Crippen molar-refractivity contribution in [2.45, 2.75) is 45.3 Å². The number of carboxylic acids is 1. The van der Waals surface area contributed by atoms with Gasteiger partial charge >= 0.3 is 5.97 Å². The summed E-state index contributed by atoms with van der Waals surface area (Å²) in [4.78, 5) is 23.2. The average Bonchev–Trinajstić information content (AvgIpc) is 2.40. The normalized spacial score (nSPS) is 12.7. The van der Waals surface area contributed by atoms with Gasteiger partial charge in [0.1, 0.15) is 6.04 Å². The van der Waals surface area contributed by atoms with E-state index in [0.717, 1.165) is 0 Å². The van der Waals surface area contributed by atoms with E-state index in [4.69, 9.17) is 27.9 Å². The molecule has 0 radical (unpaired) electrons. The molecule has 128 valence electrons. The molecule has 1 aromatic carbocycles. The highest BCUT2D eigenvalue weighted by Gasteiger charge is 2.21. The van der Waals surface area contributed by atoms with Crippen LogP contribution in [0.1, 0.15) is 32.8 Å². The number of amides is 1. The average molecular weight is 362 g/mol. The Labute approximate surface area is 145 Å². The topological polar surface area (TPSA) is 75.6 Å². The summed E-state index contributed by atoms with van der Waals surface area (Å²) in [6.45, 7) is 5.89. The monoisotopic (exact) mass is 361 g/mol. The highest BCUT2D eigenvalue weighted by atomic mass is 35.5. The molecule has 0 spiro atoms. The Bertz CT molecular complexity index is 570. The summed E-state index contributed by atoms with van der Waals surface area (Å²) >= 11 is 11.7. The van der Waals surface area contributed by atoms with Crippen LogP contribution in [-0.2, 0) is 20.7 Å². The molecule has 1 unspecified atom stereocenters. The van der Waals surface area contributed by atoms with Crippen molar-refractivity contribution >= 4 is 35.1 Å². The number of nitrogens with one attached hydrogen (secondary N) is 1. The molecule has 2 N–H and O–H groups in total. The molecule has 0 bridgehead atoms. The predicted octanol–water partition coefficient (Wildman–Crippen LogP) is 3.31. The van der Waals surface area contributed by atoms with Crippen molar-refractivity contribution in [3.8, 4) is 0 Å². The fourth-order valence-corrected chi connectivity index (χ4v) is 2.14. The molecule has 0 saturated carbocycles. The van der Waals surface area contributed by atoms with E-state index in [2.05, 4.69) is 5.32 Å². The predicted molar refractivity (Wildman–Crippen MR) is 90.1 cm³/mol. The van der Waals surface area contributed by atoms with Crippen LogP contribution < -0.4 is 5.32 Å². The summed E-state index contributed by atoms with van der Waals surface area (Å²) in [5, 5.41) is 12.4. The molecule has 0 heterocycles. The third-order valence-electron chi connectivity index (χ3n) is 2.92. The third-order valence-corrected chi connectivity index (χ3v) is 3.66. The highest BCUT2D eigenvalue weighted by molar-refractivity contribution is 6.42. The van der Waals surface area contributed by atoms with E-state index in [0.29, 0.717) is 15.6 Å². The first-order chi connectivity index (χ1) is 10.6. The molecule has 5 nitrogen and oxygen atoms in total. The van der Waals surface area contributed by atoms with Crippen molar-refractivity contribution in [2.24, 2.45) is 0 Å². The Morgan fingerprint density at radius 3 is 2.43 bits per heavy atom. The van der Waals surface area contributed by atoms with Crippen molar-refractivity contribution in [3.05, 3.63) is 33.8 Å². The van der Waals surface area contributed by atoms with Crippen molar-refractivity contribution in [2.75, 3.05) is 6.61 Å². The molecule has 0 aliphatic heterocycles. The van der Waals surface area contributed by atoms with E-state index < -0.39 is 17.9 Å². The summed E-state index contributed by atoms with van der Waals surface area (Å²) in [6.07, 6.45) is 0.223. The smallest absolute Gasteiger partial charge is 0.326 e. The van der Waals surface area contributed by atoms with Crippen LogP contribution in [0.15, 0.2) is 18.2 Å². The summed E-state index contributed by atoms with van der Waals surface area (Å²) in [6, 6.07) is 3.86. The molecule has 0 aliphatic carbocycles. The number of rotatable bonds is 7. The van der Waals surface area contributed by atoms with Crippen LogP contribution in [-0.4, -0.2) is 35.2 Å². The zero-order chi connectivity index (χ0) is 17.6. The minimum absolute atomic E-state index is 0.0286. The molecule has 1 atom stereocenters. The van der Waals surface area contributed by atoms with Crippen LogP contribution in [0.4, 0.5) is 0 Å². The van der Waals surface area contributed by atoms with Gasteiger partial charge in [-0.1, -0.05) is 29.3 Å². The van der Waals surface area contributed by atoms with E-state index in [-0.39, 0.29) is 25.0 Å². The van der Waals surface area contributed by atoms with Gasteiger partial charge in [-0.25, -0.2) is 4.79 Å². The van der Waals surface area contributed by atoms with E-state index in [9.17, 15) is 14.7 Å². The van der Waals surface area contributed by atoms with Crippen LogP contribution in [0.25, 0.3) is 0 Å². The number of halogens is 2. The highest BCUT2D eigenvalue weighted by Crippen LogP contribution is 2.22. The third kappa shape index (κ3) is 7.68. The fraction of sp³-hybridized carbons (Fsp3) is 0.500. The molecule has 1 aromatic rings. The number of hydrogen-bond acceptors (Lipinski definition) is 3. The maximum Gasteiger partial charge on any atom is 0.326 e. The number of ether oxygens (including phenoxy) is 1. The van der Waals surface area contributed by atoms with Crippen molar-refractivity contribution in [3.63, 3.8) is 0 Å². The maximum atomic E-state index is 12.0. The first kappa shape index (κ1) is 19.7. The second-order valence-corrected chi connectivity index (χ2v) is 6.95. The zero-order valence-electron chi connectivity index (χ0n) is 13.4. The second-order valence-electron chi connectivity index (χ2n) is 6.13. The summed E-state index contributed by atoms with van der Waals surface area (Å²) in [5.74, 6) is -1.49. The van der Waals surface area contributed by atoms with Crippen LogP contribution in [0.3, 0.4) is 0 Å². The minimum atomic E-state index is -1.09. The molecular weight excluding hydrogens is 341 g/mol. The number of carboxylic acid groups (broad SMARTS) is 1. The quantitative estimate of drug-likeness (QED) is 0.780. The van der Waals surface area contributed by atoms with Crippen LogP contribution in [0.2, 0.25) is 10.0 Å². The fourth-order valence-electron chi connectivity index (χ4n) is 1.82. The molecule has 0 aliphatic rings. The summed E-state index contributed by atoms with van der Waals surface area (Å²) in [5.41, 5.74) is 0.305. The Balaban J connectivity index is 2.56. The Morgan fingerprint density at radius 2 is 1.91 bits per heavy atom. The van der Waals surface area contributed by atoms with Gasteiger partial charge in [-0.05, 0) is 38.5 Å². The molecule has 23 heavy (non-hydrogen) atoms. The van der Waals surface area contributed by atoms with Crippen LogP contribution >= 0.6 is 23.2 Å². The molecule has 0 saturated heterocycles. The Kier molecular flexibility index (Phi) is 7.32. The van der Waals surface area contributed by atoms with Gasteiger partial charge in [-0.15, -0.1) is 0 Å². The van der Waals surface area contributed by atoms with Gasteiger partial charge in [0.2, 0.25) is 5.91 Å². The number of carbonyl (C=O) groups is 2. The first-order valence-electron chi connectivity index (χ1n) is 7.18. The summed E-state index contributed by atoms with van der Waals surface area (Å²) in [7, 11) is 0. The van der Waals surface area contributed by atoms with Gasteiger partial charge < -0.3 is 15.2 Å². The van der Waals surface area contributed by atoms with Crippen LogP contribution in [0.5, 0.6) is 0 Å². The lowest BCUT2D eigenvalue weighted by atomic mass is 10.1. The van der Waals surface area contributed by atoms with E-state index in [1.807, 2.05) is 20.8 Å². The molecule has 0 aromatic heterocycles. The van der Waals surface area contributed by atoms with Gasteiger partial charge in [0, 0.05) is 13.0 Å². The zero-order valence-corrected chi connectivity index (χ0v) is 14.9. The van der Waals surface area contributed by atoms with E-state index in [1.165, 1.54) is 0 Å². The Hall–Kier alpha value is -1.30. The maximum absolute atomic E-state index is 12.0. The first-order valence-corrected chi connectivity index (χ1v) is 7.94. The van der Waals surface area contributed by atoms with Gasteiger partial charge in [0.05, 0.1) is 22.1 Å². The molecular formula is C16H21Cl2NO4. The van der Waals surface area contributed by atoms with Gasteiger partial charge in [0.15, 0.2) is 0 Å².